The minimum atomic E-state index is -0.450. The van der Waals surface area contributed by atoms with Gasteiger partial charge in [-0.2, -0.15) is 0 Å². The number of benzene rings is 3. The number of hydrogen-bond donors (Lipinski definition) is 4. The second-order valence-electron chi connectivity index (χ2n) is 10.8. The van der Waals surface area contributed by atoms with E-state index in [4.69, 9.17) is 10.7 Å². The van der Waals surface area contributed by atoms with E-state index in [1.54, 1.807) is 12.1 Å². The Morgan fingerprint density at radius 3 is 2.46 bits per heavy atom. The van der Waals surface area contributed by atoms with Gasteiger partial charge in [0.05, 0.1) is 22.2 Å². The summed E-state index contributed by atoms with van der Waals surface area (Å²) < 4.78 is 0. The summed E-state index contributed by atoms with van der Waals surface area (Å²) in [5.74, 6) is 0.672. The first kappa shape index (κ1) is 23.7. The van der Waals surface area contributed by atoms with Gasteiger partial charge in [-0.25, -0.2) is 4.98 Å². The zero-order chi connectivity index (χ0) is 26.7. The number of amides is 1. The minimum Gasteiger partial charge on any atom is -0.379 e. The van der Waals surface area contributed by atoms with Crippen molar-refractivity contribution in [3.05, 3.63) is 82.1 Å². The third kappa shape index (κ3) is 3.99. The maximum absolute atomic E-state index is 13.7. The van der Waals surface area contributed by atoms with Gasteiger partial charge in [0.25, 0.3) is 5.56 Å². The van der Waals surface area contributed by atoms with Gasteiger partial charge in [-0.15, -0.1) is 0 Å². The molecule has 1 atom stereocenters. The van der Waals surface area contributed by atoms with Gasteiger partial charge in [-0.05, 0) is 85.8 Å². The molecule has 8 rings (SSSR count). The number of primary amides is 1. The maximum Gasteiger partial charge on any atom is 0.261 e. The number of imidazole rings is 1. The van der Waals surface area contributed by atoms with Crippen molar-refractivity contribution in [2.75, 3.05) is 25.0 Å². The molecule has 3 aliphatic rings. The number of hydrogen-bond acceptors (Lipinski definition) is 5. The molecule has 8 heteroatoms. The van der Waals surface area contributed by atoms with Gasteiger partial charge in [-0.1, -0.05) is 30.3 Å². The van der Waals surface area contributed by atoms with Gasteiger partial charge in [-0.3, -0.25) is 9.59 Å². The lowest BCUT2D eigenvalue weighted by molar-refractivity contribution is 0.0976. The third-order valence-electron chi connectivity index (χ3n) is 8.53. The van der Waals surface area contributed by atoms with Crippen molar-refractivity contribution in [1.82, 2.24) is 19.9 Å². The topological polar surface area (TPSA) is 120 Å². The van der Waals surface area contributed by atoms with Crippen LogP contribution in [0.3, 0.4) is 0 Å². The lowest BCUT2D eigenvalue weighted by atomic mass is 9.83. The highest BCUT2D eigenvalue weighted by Crippen LogP contribution is 2.39. The molecule has 2 aromatic heterocycles. The van der Waals surface area contributed by atoms with Crippen molar-refractivity contribution in [1.29, 1.82) is 0 Å². The highest BCUT2D eigenvalue weighted by Gasteiger charge is 2.35. The molecule has 3 saturated heterocycles. The molecule has 2 bridgehead atoms. The first-order valence-corrected chi connectivity index (χ1v) is 13.5. The van der Waals surface area contributed by atoms with E-state index in [2.05, 4.69) is 27.1 Å². The zero-order valence-electron chi connectivity index (χ0n) is 21.8. The summed E-state index contributed by atoms with van der Waals surface area (Å²) in [6.45, 7) is 5.33. The molecule has 39 heavy (non-hydrogen) atoms. The Bertz CT molecular complexity index is 1760. The third-order valence-corrected chi connectivity index (χ3v) is 8.53. The van der Waals surface area contributed by atoms with Crippen LogP contribution >= 0.6 is 0 Å². The number of rotatable bonds is 5. The summed E-state index contributed by atoms with van der Waals surface area (Å²) in [6, 6.07) is 19.4. The quantitative estimate of drug-likeness (QED) is 0.270. The van der Waals surface area contributed by atoms with Crippen molar-refractivity contribution in [3.63, 3.8) is 0 Å². The number of fused-ring (bicyclic) bond motifs is 5. The number of carbonyl (C=O) groups is 1. The number of aryl methyl sites for hydroxylation is 1. The molecule has 3 aliphatic heterocycles. The number of nitrogens with two attached hydrogens (primary N) is 1. The summed E-state index contributed by atoms with van der Waals surface area (Å²) in [4.78, 5) is 39.1. The van der Waals surface area contributed by atoms with Crippen molar-refractivity contribution < 1.29 is 4.79 Å². The summed E-state index contributed by atoms with van der Waals surface area (Å²) >= 11 is 0. The molecular weight excluding hydrogens is 488 g/mol. The van der Waals surface area contributed by atoms with Crippen LogP contribution < -0.4 is 16.6 Å². The Kier molecular flexibility index (Phi) is 5.52. The predicted molar refractivity (Wildman–Crippen MR) is 155 cm³/mol. The fraction of sp³-hybridized carbons (Fsp3) is 0.258. The molecular formula is C31H30N6O2. The maximum atomic E-state index is 13.7. The fourth-order valence-electron chi connectivity index (χ4n) is 6.44. The van der Waals surface area contributed by atoms with Crippen LogP contribution in [0.5, 0.6) is 0 Å². The average molecular weight is 519 g/mol. The predicted octanol–water partition coefficient (Wildman–Crippen LogP) is 4.65. The Balaban J connectivity index is 1.45. The first-order valence-electron chi connectivity index (χ1n) is 13.5. The second-order valence-corrected chi connectivity index (χ2v) is 10.8. The lowest BCUT2D eigenvalue weighted by Crippen LogP contribution is -2.53. The van der Waals surface area contributed by atoms with Gasteiger partial charge in [0, 0.05) is 23.5 Å². The Labute approximate surface area is 225 Å². The van der Waals surface area contributed by atoms with E-state index in [-0.39, 0.29) is 11.6 Å². The molecule has 5 N–H and O–H groups in total. The molecule has 0 radical (unpaired) electrons. The molecule has 196 valence electrons. The van der Waals surface area contributed by atoms with Crippen LogP contribution in [0, 0.1) is 12.8 Å². The van der Waals surface area contributed by atoms with E-state index in [1.165, 1.54) is 0 Å². The molecule has 3 fully saturated rings. The van der Waals surface area contributed by atoms with Crippen molar-refractivity contribution in [2.45, 2.75) is 25.8 Å². The molecule has 0 unspecified atom stereocenters. The van der Waals surface area contributed by atoms with Gasteiger partial charge < -0.3 is 25.9 Å². The number of anilines is 1. The van der Waals surface area contributed by atoms with Crippen molar-refractivity contribution >= 4 is 33.5 Å². The van der Waals surface area contributed by atoms with E-state index in [0.717, 1.165) is 76.8 Å². The Morgan fingerprint density at radius 2 is 1.77 bits per heavy atom. The van der Waals surface area contributed by atoms with E-state index in [1.807, 2.05) is 48.5 Å². The van der Waals surface area contributed by atoms with Crippen LogP contribution in [0.2, 0.25) is 0 Å². The molecule has 5 heterocycles. The SMILES string of the molecule is Cc1c(-c2ccc(C(N)=O)cc2)ccc2[nH]c(=O)c(-c3nc4ccccc4[nH]3)c(N[C@H]3CN4CCC3CC4)c12. The Morgan fingerprint density at radius 1 is 1.00 bits per heavy atom. The van der Waals surface area contributed by atoms with E-state index >= 15 is 0 Å². The van der Waals surface area contributed by atoms with Crippen LogP contribution in [0.1, 0.15) is 28.8 Å². The molecule has 5 aromatic rings. The standard InChI is InChI=1S/C31H30N6O2/c1-17-21(18-6-8-20(9-7-18)29(32)38)10-11-24-26(17)28(33-25-16-37-14-12-19(25)13-15-37)27(31(39)36-24)30-34-22-4-2-3-5-23(22)35-30/h2-11,19,25H,12-16H2,1H3,(H2,32,38)(H,34,35)(H2,33,36,39)/t25-/m0/s1. The van der Waals surface area contributed by atoms with Crippen LogP contribution in [-0.2, 0) is 0 Å². The second kappa shape index (κ2) is 9.10. The summed E-state index contributed by atoms with van der Waals surface area (Å²) in [7, 11) is 0. The highest BCUT2D eigenvalue weighted by molar-refractivity contribution is 6.04. The molecule has 8 nitrogen and oxygen atoms in total. The zero-order valence-corrected chi connectivity index (χ0v) is 21.8. The normalized spacial score (nSPS) is 20.5. The van der Waals surface area contributed by atoms with E-state index in [9.17, 15) is 9.59 Å². The molecule has 0 aliphatic carbocycles. The Hall–Kier alpha value is -4.43. The number of carbonyl (C=O) groups excluding carboxylic acids is 1. The molecule has 1 amide bonds. The van der Waals surface area contributed by atoms with Gasteiger partial charge >= 0.3 is 0 Å². The number of pyridine rings is 1. The summed E-state index contributed by atoms with van der Waals surface area (Å²) in [6.07, 6.45) is 2.32. The number of piperidine rings is 3. The van der Waals surface area contributed by atoms with Crippen LogP contribution in [0.25, 0.3) is 44.5 Å². The molecule has 0 saturated carbocycles. The number of nitrogens with zero attached hydrogens (tertiary/aromatic N) is 2. The van der Waals surface area contributed by atoms with Crippen LogP contribution in [-0.4, -0.2) is 51.4 Å². The number of aromatic nitrogens is 3. The minimum absolute atomic E-state index is 0.178. The fourth-order valence-corrected chi connectivity index (χ4v) is 6.44. The largest absolute Gasteiger partial charge is 0.379 e. The molecule has 0 spiro atoms. The van der Waals surface area contributed by atoms with E-state index < -0.39 is 5.91 Å². The summed E-state index contributed by atoms with van der Waals surface area (Å²) in [5, 5.41) is 4.84. The monoisotopic (exact) mass is 518 g/mol. The van der Waals surface area contributed by atoms with Crippen molar-refractivity contribution in [3.8, 4) is 22.5 Å². The number of nitrogens with one attached hydrogen (secondary N) is 3. The first-order chi connectivity index (χ1) is 19.0. The highest BCUT2D eigenvalue weighted by atomic mass is 16.1. The lowest BCUT2D eigenvalue weighted by Gasteiger charge is -2.45. The van der Waals surface area contributed by atoms with Crippen LogP contribution in [0.4, 0.5) is 5.69 Å². The number of para-hydroxylation sites is 2. The smallest absolute Gasteiger partial charge is 0.261 e. The van der Waals surface area contributed by atoms with Gasteiger partial charge in [0.1, 0.15) is 11.4 Å². The molecule has 3 aromatic carbocycles. The number of aromatic amines is 2. The van der Waals surface area contributed by atoms with Crippen LogP contribution in [0.15, 0.2) is 65.5 Å². The van der Waals surface area contributed by atoms with Gasteiger partial charge in [0.2, 0.25) is 5.91 Å². The average Bonchev–Trinajstić information content (AvgIpc) is 3.37. The summed E-state index contributed by atoms with van der Waals surface area (Å²) in [5.41, 5.74) is 12.6. The number of H-pyrrole nitrogens is 2. The van der Waals surface area contributed by atoms with E-state index in [0.29, 0.717) is 22.9 Å². The van der Waals surface area contributed by atoms with Gasteiger partial charge in [0.15, 0.2) is 0 Å². The van der Waals surface area contributed by atoms with Crippen molar-refractivity contribution in [2.24, 2.45) is 11.7 Å².